The molecule has 0 aliphatic carbocycles. The minimum atomic E-state index is -5.10. The molecule has 0 saturated carbocycles. The second kappa shape index (κ2) is 10.0. The molecule has 4 N–H and O–H groups in total. The van der Waals surface area contributed by atoms with E-state index in [2.05, 4.69) is 25.6 Å². The number of H-pyrrole nitrogens is 1. The third kappa shape index (κ3) is 6.17. The maximum Gasteiger partial charge on any atom is 0.416 e. The molecule has 0 spiro atoms. The Labute approximate surface area is 212 Å². The average molecular weight is 559 g/mol. The maximum absolute atomic E-state index is 13.3. The Morgan fingerprint density at radius 1 is 0.718 bits per heavy atom. The molecule has 16 heteroatoms. The first-order valence-corrected chi connectivity index (χ1v) is 10.6. The largest absolute Gasteiger partial charge is 0.416 e. The van der Waals surface area contributed by atoms with Crippen LogP contribution in [0, 0.1) is 0 Å². The van der Waals surface area contributed by atoms with Crippen molar-refractivity contribution in [2.75, 3.05) is 0 Å². The van der Waals surface area contributed by atoms with Crippen LogP contribution < -0.4 is 11.3 Å². The van der Waals surface area contributed by atoms with Crippen molar-refractivity contribution < 1.29 is 39.5 Å². The number of nitrogens with one attached hydrogen (secondary N) is 2. The van der Waals surface area contributed by atoms with E-state index in [1.807, 2.05) is 5.43 Å². The Hall–Kier alpha value is -4.47. The van der Waals surface area contributed by atoms with Gasteiger partial charge in [0.25, 0.3) is 0 Å². The second-order valence-corrected chi connectivity index (χ2v) is 7.94. The fourth-order valence-corrected chi connectivity index (χ4v) is 3.51. The first-order valence-electron chi connectivity index (χ1n) is 10.6. The number of amidine groups is 1. The van der Waals surface area contributed by atoms with Crippen molar-refractivity contribution in [1.82, 2.24) is 26.0 Å². The Kier molecular flexibility index (Phi) is 7.08. The standard InChI is InChI=1S/C23H14F9N7/c24-21(25,26)14-4-1-11(2-5-14)12-3-6-18(17(9-12)20-36-38-39-37-20)34-19(35-33)13-7-15(22(27,28)29)10-16(8-13)23(30,31)32/h1-10H,33H2,(H,34,35)(H,36,37,38,39). The highest BCUT2D eigenvalue weighted by Crippen LogP contribution is 2.38. The van der Waals surface area contributed by atoms with Crippen LogP contribution in [0.1, 0.15) is 22.3 Å². The Morgan fingerprint density at radius 3 is 1.77 bits per heavy atom. The van der Waals surface area contributed by atoms with Crippen LogP contribution in [0.4, 0.5) is 45.2 Å². The summed E-state index contributed by atoms with van der Waals surface area (Å²) in [6.07, 6.45) is -14.8. The van der Waals surface area contributed by atoms with Crippen LogP contribution in [0.3, 0.4) is 0 Å². The van der Waals surface area contributed by atoms with Crippen LogP contribution in [0.25, 0.3) is 22.5 Å². The Bertz CT molecular complexity index is 1460. The molecule has 0 radical (unpaired) electrons. The minimum Gasteiger partial charge on any atom is -0.308 e. The summed E-state index contributed by atoms with van der Waals surface area (Å²) in [6.45, 7) is 0. The zero-order valence-electron chi connectivity index (χ0n) is 19.0. The molecular weight excluding hydrogens is 545 g/mol. The SMILES string of the molecule is NNC(=Nc1ccc(-c2ccc(C(F)(F)F)cc2)cc1-c1nn[nH]n1)c1cc(C(F)(F)F)cc(C(F)(F)F)c1. The van der Waals surface area contributed by atoms with E-state index >= 15 is 0 Å². The third-order valence-corrected chi connectivity index (χ3v) is 5.36. The van der Waals surface area contributed by atoms with Gasteiger partial charge in [0.05, 0.1) is 22.4 Å². The Morgan fingerprint density at radius 2 is 1.28 bits per heavy atom. The summed E-state index contributed by atoms with van der Waals surface area (Å²) in [4.78, 5) is 4.11. The van der Waals surface area contributed by atoms with Crippen LogP contribution in [0.5, 0.6) is 0 Å². The van der Waals surface area contributed by atoms with E-state index < -0.39 is 46.6 Å². The molecule has 0 atom stereocenters. The van der Waals surface area contributed by atoms with Gasteiger partial charge in [0.15, 0.2) is 0 Å². The quantitative estimate of drug-likeness (QED) is 0.0918. The average Bonchev–Trinajstić information content (AvgIpc) is 3.40. The normalized spacial score (nSPS) is 13.0. The van der Waals surface area contributed by atoms with E-state index in [-0.39, 0.29) is 23.1 Å². The number of alkyl halides is 9. The second-order valence-electron chi connectivity index (χ2n) is 7.94. The zero-order valence-corrected chi connectivity index (χ0v) is 19.0. The fraction of sp³-hybridized carbons (Fsp3) is 0.130. The number of aromatic nitrogens is 4. The predicted molar refractivity (Wildman–Crippen MR) is 120 cm³/mol. The molecule has 0 unspecified atom stereocenters. The van der Waals surface area contributed by atoms with Gasteiger partial charge in [-0.3, -0.25) is 0 Å². The summed E-state index contributed by atoms with van der Waals surface area (Å²) in [5.74, 6) is 4.80. The molecule has 1 heterocycles. The van der Waals surface area contributed by atoms with E-state index in [1.54, 1.807) is 0 Å². The lowest BCUT2D eigenvalue weighted by atomic mass is 10.00. The van der Waals surface area contributed by atoms with Crippen LogP contribution in [-0.4, -0.2) is 26.5 Å². The van der Waals surface area contributed by atoms with Crippen LogP contribution >= 0.6 is 0 Å². The van der Waals surface area contributed by atoms with Gasteiger partial charge in [-0.25, -0.2) is 10.8 Å². The highest BCUT2D eigenvalue weighted by molar-refractivity contribution is 6.01. The smallest absolute Gasteiger partial charge is 0.308 e. The number of hydrazine groups is 1. The van der Waals surface area contributed by atoms with Gasteiger partial charge in [-0.15, -0.1) is 10.2 Å². The molecule has 7 nitrogen and oxygen atoms in total. The highest BCUT2D eigenvalue weighted by Gasteiger charge is 2.37. The van der Waals surface area contributed by atoms with Crippen molar-refractivity contribution in [2.45, 2.75) is 18.5 Å². The molecule has 204 valence electrons. The first-order chi connectivity index (χ1) is 18.2. The minimum absolute atomic E-state index is 0.0404. The molecule has 4 rings (SSSR count). The van der Waals surface area contributed by atoms with Crippen LogP contribution in [-0.2, 0) is 18.5 Å². The number of halogens is 9. The molecule has 3 aromatic carbocycles. The molecule has 39 heavy (non-hydrogen) atoms. The lowest BCUT2D eigenvalue weighted by Gasteiger charge is -2.15. The van der Waals surface area contributed by atoms with Crippen molar-refractivity contribution in [2.24, 2.45) is 10.8 Å². The molecule has 0 bridgehead atoms. The summed E-state index contributed by atoms with van der Waals surface area (Å²) in [5, 5.41) is 13.2. The number of rotatable bonds is 4. The fourth-order valence-electron chi connectivity index (χ4n) is 3.51. The Balaban J connectivity index is 1.84. The van der Waals surface area contributed by atoms with Gasteiger partial charge in [-0.1, -0.05) is 18.2 Å². The van der Waals surface area contributed by atoms with E-state index in [0.29, 0.717) is 23.3 Å². The van der Waals surface area contributed by atoms with Crippen LogP contribution in [0.2, 0.25) is 0 Å². The molecule has 0 fully saturated rings. The van der Waals surface area contributed by atoms with Gasteiger partial charge in [0, 0.05) is 11.1 Å². The van der Waals surface area contributed by atoms with Crippen LogP contribution in [0.15, 0.2) is 65.7 Å². The highest BCUT2D eigenvalue weighted by atomic mass is 19.4. The number of hydrogen-bond donors (Lipinski definition) is 3. The van der Waals surface area contributed by atoms with E-state index in [9.17, 15) is 39.5 Å². The monoisotopic (exact) mass is 559 g/mol. The molecule has 0 amide bonds. The molecule has 0 saturated heterocycles. The zero-order chi connectivity index (χ0) is 28.6. The lowest BCUT2D eigenvalue weighted by molar-refractivity contribution is -0.143. The number of aromatic amines is 1. The summed E-state index contributed by atoms with van der Waals surface area (Å²) in [5.41, 5.74) is -1.86. The van der Waals surface area contributed by atoms with Gasteiger partial charge >= 0.3 is 18.5 Å². The van der Waals surface area contributed by atoms with Crippen molar-refractivity contribution in [3.05, 3.63) is 82.9 Å². The number of aliphatic imine (C=N–C) groups is 1. The topological polar surface area (TPSA) is 105 Å². The number of hydrogen-bond acceptors (Lipinski definition) is 5. The molecule has 1 aromatic heterocycles. The number of tetrazole rings is 1. The molecular formula is C23H14F9N7. The van der Waals surface area contributed by atoms with Crippen molar-refractivity contribution in [3.63, 3.8) is 0 Å². The summed E-state index contributed by atoms with van der Waals surface area (Å²) >= 11 is 0. The van der Waals surface area contributed by atoms with Gasteiger partial charge in [-0.05, 0) is 58.8 Å². The maximum atomic E-state index is 13.3. The third-order valence-electron chi connectivity index (χ3n) is 5.36. The van der Waals surface area contributed by atoms with Gasteiger partial charge in [-0.2, -0.15) is 44.7 Å². The number of nitrogens with two attached hydrogens (primary N) is 1. The van der Waals surface area contributed by atoms with Gasteiger partial charge < -0.3 is 5.43 Å². The predicted octanol–water partition coefficient (Wildman–Crippen LogP) is 6.13. The van der Waals surface area contributed by atoms with E-state index in [0.717, 1.165) is 12.1 Å². The number of nitrogens with zero attached hydrogens (tertiary/aromatic N) is 4. The number of benzene rings is 3. The molecule has 4 aromatic rings. The molecule has 0 aliphatic rings. The summed E-state index contributed by atoms with van der Waals surface area (Å²) in [7, 11) is 0. The van der Waals surface area contributed by atoms with Crippen molar-refractivity contribution in [1.29, 1.82) is 0 Å². The van der Waals surface area contributed by atoms with E-state index in [1.165, 1.54) is 30.3 Å². The van der Waals surface area contributed by atoms with Crippen molar-refractivity contribution >= 4 is 11.5 Å². The summed E-state index contributed by atoms with van der Waals surface area (Å²) < 4.78 is 119. The molecule has 0 aliphatic heterocycles. The lowest BCUT2D eigenvalue weighted by Crippen LogP contribution is -2.31. The van der Waals surface area contributed by atoms with Gasteiger partial charge in [0.2, 0.25) is 5.82 Å². The summed E-state index contributed by atoms with van der Waals surface area (Å²) in [6, 6.07) is 9.17. The van der Waals surface area contributed by atoms with Crippen molar-refractivity contribution in [3.8, 4) is 22.5 Å². The first kappa shape index (κ1) is 27.6. The van der Waals surface area contributed by atoms with Gasteiger partial charge in [0.1, 0.15) is 5.84 Å². The van der Waals surface area contributed by atoms with E-state index in [4.69, 9.17) is 5.84 Å².